The molecule has 1 aliphatic rings. The number of carbonyl (C=O) groups excluding carboxylic acids is 1. The molecule has 1 aromatic heterocycles. The molecule has 1 N–H and O–H groups in total. The molecule has 1 aliphatic heterocycles. The molecule has 166 valence electrons. The zero-order valence-electron chi connectivity index (χ0n) is 16.9. The molecule has 10 heteroatoms. The van der Waals surface area contributed by atoms with Crippen LogP contribution in [0, 0.1) is 5.21 Å². The van der Waals surface area contributed by atoms with E-state index in [0.717, 1.165) is 0 Å². The fraction of sp³-hybridized carbons (Fsp3) is 0.182. The van der Waals surface area contributed by atoms with Gasteiger partial charge in [0, 0.05) is 33.8 Å². The largest absolute Gasteiger partial charge is 0.619 e. The highest BCUT2D eigenvalue weighted by atomic mass is 35.5. The summed E-state index contributed by atoms with van der Waals surface area (Å²) in [5, 5.41) is 11.5. The van der Waals surface area contributed by atoms with Crippen LogP contribution in [-0.2, 0) is 25.3 Å². The van der Waals surface area contributed by atoms with Crippen molar-refractivity contribution in [1.82, 2.24) is 0 Å². The van der Waals surface area contributed by atoms with Crippen molar-refractivity contribution in [2.75, 3.05) is 17.9 Å². The van der Waals surface area contributed by atoms with Crippen molar-refractivity contribution in [3.8, 4) is 0 Å². The Morgan fingerprint density at radius 3 is 2.31 bits per heavy atom. The summed E-state index contributed by atoms with van der Waals surface area (Å²) in [5.41, 5.74) is 1.03. The SMILES string of the molecule is CC1(c2ccc(S(=O)(=O)Nc3ccc(Cl)cc3C(=O)c3cc[n+]([O-])cc3)cc2)OCCO1. The number of nitrogens with one attached hydrogen (secondary N) is 1. The Kier molecular flexibility index (Phi) is 5.91. The minimum absolute atomic E-state index is 0.00306. The zero-order valence-corrected chi connectivity index (χ0v) is 18.5. The van der Waals surface area contributed by atoms with Gasteiger partial charge in [-0.05, 0) is 37.3 Å². The lowest BCUT2D eigenvalue weighted by Crippen LogP contribution is -2.24. The Balaban J connectivity index is 1.63. The highest BCUT2D eigenvalue weighted by Gasteiger charge is 2.33. The third-order valence-corrected chi connectivity index (χ3v) is 6.68. The maximum Gasteiger partial charge on any atom is 0.261 e. The van der Waals surface area contributed by atoms with E-state index in [1.165, 1.54) is 54.9 Å². The number of carbonyl (C=O) groups is 1. The van der Waals surface area contributed by atoms with Crippen LogP contribution in [0.15, 0.2) is 71.9 Å². The number of aromatic nitrogens is 1. The Labute approximate surface area is 190 Å². The molecule has 0 radical (unpaired) electrons. The van der Waals surface area contributed by atoms with Crippen molar-refractivity contribution in [2.24, 2.45) is 0 Å². The smallest absolute Gasteiger partial charge is 0.261 e. The number of ether oxygens (including phenoxy) is 2. The number of halogens is 1. The molecule has 0 atom stereocenters. The molecule has 3 aromatic rings. The lowest BCUT2D eigenvalue weighted by Gasteiger charge is -2.22. The van der Waals surface area contributed by atoms with Gasteiger partial charge in [0.15, 0.2) is 24.0 Å². The van der Waals surface area contributed by atoms with E-state index < -0.39 is 21.6 Å². The normalized spacial score (nSPS) is 15.4. The first-order valence-electron chi connectivity index (χ1n) is 9.62. The van der Waals surface area contributed by atoms with Crippen LogP contribution >= 0.6 is 11.6 Å². The lowest BCUT2D eigenvalue weighted by molar-refractivity contribution is -0.605. The quantitative estimate of drug-likeness (QED) is 0.334. The molecule has 2 aromatic carbocycles. The third kappa shape index (κ3) is 4.46. The summed E-state index contributed by atoms with van der Waals surface area (Å²) in [6.45, 7) is 2.69. The molecule has 1 fully saturated rings. The van der Waals surface area contributed by atoms with E-state index >= 15 is 0 Å². The van der Waals surface area contributed by atoms with Gasteiger partial charge >= 0.3 is 0 Å². The van der Waals surface area contributed by atoms with E-state index in [4.69, 9.17) is 21.1 Å². The number of pyridine rings is 1. The van der Waals surface area contributed by atoms with Gasteiger partial charge in [0.2, 0.25) is 0 Å². The lowest BCUT2D eigenvalue weighted by atomic mass is 10.0. The molecule has 8 nitrogen and oxygen atoms in total. The Morgan fingerprint density at radius 2 is 1.69 bits per heavy atom. The average molecular weight is 475 g/mol. The van der Waals surface area contributed by atoms with Gasteiger partial charge in [-0.2, -0.15) is 4.73 Å². The van der Waals surface area contributed by atoms with Gasteiger partial charge < -0.3 is 14.7 Å². The monoisotopic (exact) mass is 474 g/mol. The maximum atomic E-state index is 13.0. The molecule has 2 heterocycles. The van der Waals surface area contributed by atoms with Crippen LogP contribution in [0.25, 0.3) is 0 Å². The number of nitrogens with zero attached hydrogens (tertiary/aromatic N) is 1. The van der Waals surface area contributed by atoms with Crippen LogP contribution in [0.3, 0.4) is 0 Å². The van der Waals surface area contributed by atoms with Crippen molar-refractivity contribution in [3.05, 3.63) is 93.9 Å². The second kappa shape index (κ2) is 8.51. The summed E-state index contributed by atoms with van der Waals surface area (Å²) in [7, 11) is -4.01. The summed E-state index contributed by atoms with van der Waals surface area (Å²) in [4.78, 5) is 13.0. The minimum atomic E-state index is -4.01. The molecule has 0 bridgehead atoms. The van der Waals surface area contributed by atoms with Gasteiger partial charge in [0.05, 0.1) is 23.8 Å². The summed E-state index contributed by atoms with van der Waals surface area (Å²) in [5.74, 6) is -1.40. The maximum absolute atomic E-state index is 13.0. The molecule has 0 saturated carbocycles. The number of hydrogen-bond donors (Lipinski definition) is 1. The average Bonchev–Trinajstić information content (AvgIpc) is 3.23. The van der Waals surface area contributed by atoms with E-state index in [9.17, 15) is 18.4 Å². The van der Waals surface area contributed by atoms with Gasteiger partial charge in [-0.15, -0.1) is 0 Å². The number of sulfonamides is 1. The minimum Gasteiger partial charge on any atom is -0.619 e. The Hall–Kier alpha value is -2.98. The summed E-state index contributed by atoms with van der Waals surface area (Å²) < 4.78 is 40.2. The molecular weight excluding hydrogens is 456 g/mol. The van der Waals surface area contributed by atoms with Crippen molar-refractivity contribution in [1.29, 1.82) is 0 Å². The standard InChI is InChI=1S/C22H19ClN2O6S/c1-22(30-12-13-31-22)16-2-5-18(6-3-16)32(28,29)24-20-7-4-17(23)14-19(20)21(26)15-8-10-25(27)11-9-15/h2-11,14,24H,12-13H2,1H3. The predicted molar refractivity (Wildman–Crippen MR) is 117 cm³/mol. The number of ketones is 1. The highest BCUT2D eigenvalue weighted by molar-refractivity contribution is 7.92. The van der Waals surface area contributed by atoms with Crippen LogP contribution < -0.4 is 9.45 Å². The van der Waals surface area contributed by atoms with Crippen molar-refractivity contribution < 1.29 is 27.4 Å². The first-order chi connectivity index (χ1) is 15.2. The number of rotatable bonds is 6. The first kappa shape index (κ1) is 22.2. The van der Waals surface area contributed by atoms with Gasteiger partial charge in [-0.1, -0.05) is 23.7 Å². The second-order valence-corrected chi connectivity index (χ2v) is 9.36. The predicted octanol–water partition coefficient (Wildman–Crippen LogP) is 3.22. The van der Waals surface area contributed by atoms with Gasteiger partial charge in [0.1, 0.15) is 0 Å². The van der Waals surface area contributed by atoms with Crippen LogP contribution in [0.2, 0.25) is 5.02 Å². The van der Waals surface area contributed by atoms with E-state index in [2.05, 4.69) is 4.72 Å². The van der Waals surface area contributed by atoms with E-state index in [-0.39, 0.29) is 26.7 Å². The Morgan fingerprint density at radius 1 is 1.06 bits per heavy atom. The van der Waals surface area contributed by atoms with Crippen LogP contribution in [0.5, 0.6) is 0 Å². The van der Waals surface area contributed by atoms with Crippen LogP contribution in [0.1, 0.15) is 28.4 Å². The highest BCUT2D eigenvalue weighted by Crippen LogP contribution is 2.32. The van der Waals surface area contributed by atoms with E-state index in [1.54, 1.807) is 19.1 Å². The van der Waals surface area contributed by atoms with Gasteiger partial charge in [-0.25, -0.2) is 8.42 Å². The molecule has 32 heavy (non-hydrogen) atoms. The topological polar surface area (TPSA) is 109 Å². The van der Waals surface area contributed by atoms with E-state index in [0.29, 0.717) is 23.5 Å². The number of anilines is 1. The fourth-order valence-corrected chi connectivity index (χ4v) is 4.59. The Bertz CT molecular complexity index is 1250. The molecule has 0 spiro atoms. The summed E-state index contributed by atoms with van der Waals surface area (Å²) in [6.07, 6.45) is 2.36. The molecule has 0 aliphatic carbocycles. The van der Waals surface area contributed by atoms with Crippen molar-refractivity contribution in [2.45, 2.75) is 17.6 Å². The van der Waals surface area contributed by atoms with Gasteiger partial charge in [-0.3, -0.25) is 9.52 Å². The van der Waals surface area contributed by atoms with Crippen LogP contribution in [0.4, 0.5) is 5.69 Å². The van der Waals surface area contributed by atoms with Gasteiger partial charge in [0.25, 0.3) is 10.0 Å². The van der Waals surface area contributed by atoms with E-state index in [1.807, 2.05) is 0 Å². The van der Waals surface area contributed by atoms with Crippen LogP contribution in [-0.4, -0.2) is 27.4 Å². The molecular formula is C22H19ClN2O6S. The first-order valence-corrected chi connectivity index (χ1v) is 11.5. The molecule has 4 rings (SSSR count). The molecule has 0 amide bonds. The number of hydrogen-bond acceptors (Lipinski definition) is 6. The molecule has 0 unspecified atom stereocenters. The summed E-state index contributed by atoms with van der Waals surface area (Å²) in [6, 6.07) is 13.1. The van der Waals surface area contributed by atoms with Crippen molar-refractivity contribution in [3.63, 3.8) is 0 Å². The third-order valence-electron chi connectivity index (χ3n) is 5.06. The fourth-order valence-electron chi connectivity index (χ4n) is 3.33. The second-order valence-electron chi connectivity index (χ2n) is 7.24. The zero-order chi connectivity index (χ0) is 22.9. The number of benzene rings is 2. The van der Waals surface area contributed by atoms with Crippen molar-refractivity contribution >= 4 is 33.1 Å². The summed E-state index contributed by atoms with van der Waals surface area (Å²) >= 11 is 6.05. The molecule has 1 saturated heterocycles.